The fraction of sp³-hybridized carbons (Fsp3) is 0.0833. The van der Waals surface area contributed by atoms with E-state index >= 15 is 0 Å². The first-order chi connectivity index (χ1) is 9.08. The minimum atomic E-state index is -0.934. The van der Waals surface area contributed by atoms with Crippen LogP contribution in [0.1, 0.15) is 0 Å². The Hall–Kier alpha value is -2.15. The zero-order valence-corrected chi connectivity index (χ0v) is 11.3. The Morgan fingerprint density at radius 1 is 1.42 bits per heavy atom. The first kappa shape index (κ1) is 11.9. The van der Waals surface area contributed by atoms with E-state index in [0.717, 1.165) is 15.4 Å². The molecular weight excluding hydrogens is 312 g/mol. The Balaban J connectivity index is 2.50. The summed E-state index contributed by atoms with van der Waals surface area (Å²) < 4.78 is 2.48. The lowest BCUT2D eigenvalue weighted by atomic mass is 10.2. The molecule has 0 radical (unpaired) electrons. The van der Waals surface area contributed by atoms with E-state index in [4.69, 9.17) is 10.8 Å². The molecular formula is C12H9BrN4O2. The molecule has 0 fully saturated rings. The fourth-order valence-electron chi connectivity index (χ4n) is 2.20. The van der Waals surface area contributed by atoms with Gasteiger partial charge in [-0.15, -0.1) is 0 Å². The van der Waals surface area contributed by atoms with Gasteiger partial charge in [0.15, 0.2) is 0 Å². The zero-order chi connectivity index (χ0) is 13.6. The van der Waals surface area contributed by atoms with E-state index in [1.807, 2.05) is 18.2 Å². The van der Waals surface area contributed by atoms with Crippen LogP contribution in [-0.2, 0) is 11.3 Å². The molecule has 0 unspecified atom stereocenters. The van der Waals surface area contributed by atoms with Crippen LogP contribution in [-0.4, -0.2) is 25.6 Å². The van der Waals surface area contributed by atoms with E-state index in [1.165, 1.54) is 6.33 Å². The van der Waals surface area contributed by atoms with Crippen molar-refractivity contribution in [3.05, 3.63) is 29.0 Å². The lowest BCUT2D eigenvalue weighted by Gasteiger charge is -2.02. The molecule has 0 amide bonds. The number of carboxylic acids is 1. The summed E-state index contributed by atoms with van der Waals surface area (Å²) >= 11 is 3.38. The number of hydrogen-bond acceptors (Lipinski definition) is 4. The Labute approximate surface area is 116 Å². The number of nitrogen functional groups attached to an aromatic ring is 1. The van der Waals surface area contributed by atoms with Gasteiger partial charge in [0.05, 0.1) is 10.9 Å². The van der Waals surface area contributed by atoms with Gasteiger partial charge in [0, 0.05) is 9.86 Å². The second-order valence-electron chi connectivity index (χ2n) is 4.10. The number of nitrogens with two attached hydrogens (primary N) is 1. The van der Waals surface area contributed by atoms with Gasteiger partial charge in [-0.25, -0.2) is 9.97 Å². The van der Waals surface area contributed by atoms with Crippen LogP contribution in [0.3, 0.4) is 0 Å². The molecule has 7 heteroatoms. The van der Waals surface area contributed by atoms with Gasteiger partial charge in [-0.3, -0.25) is 4.79 Å². The number of benzene rings is 1. The third kappa shape index (κ3) is 1.82. The topological polar surface area (TPSA) is 94.0 Å². The summed E-state index contributed by atoms with van der Waals surface area (Å²) in [4.78, 5) is 19.1. The minimum Gasteiger partial charge on any atom is -0.480 e. The van der Waals surface area contributed by atoms with Crippen LogP contribution in [0.2, 0.25) is 0 Å². The van der Waals surface area contributed by atoms with E-state index < -0.39 is 5.97 Å². The van der Waals surface area contributed by atoms with E-state index in [1.54, 1.807) is 4.57 Å². The standard InChI is InChI=1S/C12H9BrN4O2/c13-6-1-2-7-8(3-6)17(4-9(18)19)12-10(7)11(14)15-5-16-12/h1-3,5H,4H2,(H,18,19)(H2,14,15,16). The van der Waals surface area contributed by atoms with Crippen LogP contribution in [0.5, 0.6) is 0 Å². The van der Waals surface area contributed by atoms with Gasteiger partial charge >= 0.3 is 5.97 Å². The van der Waals surface area contributed by atoms with Crippen LogP contribution < -0.4 is 5.73 Å². The molecule has 0 bridgehead atoms. The highest BCUT2D eigenvalue weighted by atomic mass is 79.9. The third-order valence-electron chi connectivity index (χ3n) is 2.93. The molecule has 6 nitrogen and oxygen atoms in total. The molecule has 3 aromatic rings. The van der Waals surface area contributed by atoms with Crippen molar-refractivity contribution in [2.45, 2.75) is 6.54 Å². The van der Waals surface area contributed by atoms with Crippen molar-refractivity contribution in [1.29, 1.82) is 0 Å². The summed E-state index contributed by atoms with van der Waals surface area (Å²) in [5.74, 6) is -0.586. The zero-order valence-electron chi connectivity index (χ0n) is 9.67. The Morgan fingerprint density at radius 3 is 2.95 bits per heavy atom. The van der Waals surface area contributed by atoms with Crippen molar-refractivity contribution < 1.29 is 9.90 Å². The number of anilines is 1. The van der Waals surface area contributed by atoms with Gasteiger partial charge in [0.1, 0.15) is 24.3 Å². The smallest absolute Gasteiger partial charge is 0.323 e. The SMILES string of the molecule is Nc1ncnc2c1c1ccc(Br)cc1n2CC(=O)O. The van der Waals surface area contributed by atoms with Crippen LogP contribution in [0, 0.1) is 0 Å². The van der Waals surface area contributed by atoms with Crippen molar-refractivity contribution in [3.63, 3.8) is 0 Å². The quantitative estimate of drug-likeness (QED) is 0.753. The van der Waals surface area contributed by atoms with Crippen molar-refractivity contribution >= 4 is 49.7 Å². The Morgan fingerprint density at radius 2 is 2.21 bits per heavy atom. The number of carbonyl (C=O) groups is 1. The highest BCUT2D eigenvalue weighted by Gasteiger charge is 2.16. The van der Waals surface area contributed by atoms with E-state index in [-0.39, 0.29) is 6.54 Å². The number of aromatic nitrogens is 3. The second-order valence-corrected chi connectivity index (χ2v) is 5.01. The number of nitrogens with zero attached hydrogens (tertiary/aromatic N) is 3. The van der Waals surface area contributed by atoms with Crippen LogP contribution >= 0.6 is 15.9 Å². The van der Waals surface area contributed by atoms with Crippen molar-refractivity contribution in [2.75, 3.05) is 5.73 Å². The lowest BCUT2D eigenvalue weighted by Crippen LogP contribution is -2.09. The number of aliphatic carboxylic acids is 1. The number of halogens is 1. The maximum absolute atomic E-state index is 11.0. The number of hydrogen-bond donors (Lipinski definition) is 2. The van der Waals surface area contributed by atoms with Gasteiger partial charge in [-0.1, -0.05) is 22.0 Å². The van der Waals surface area contributed by atoms with Gasteiger partial charge < -0.3 is 15.4 Å². The fourth-order valence-corrected chi connectivity index (χ4v) is 2.55. The predicted molar refractivity (Wildman–Crippen MR) is 74.8 cm³/mol. The van der Waals surface area contributed by atoms with Crippen molar-refractivity contribution in [3.8, 4) is 0 Å². The first-order valence-corrected chi connectivity index (χ1v) is 6.27. The monoisotopic (exact) mass is 320 g/mol. The summed E-state index contributed by atoms with van der Waals surface area (Å²) in [7, 11) is 0. The molecule has 3 N–H and O–H groups in total. The van der Waals surface area contributed by atoms with Crippen molar-refractivity contribution in [2.24, 2.45) is 0 Å². The predicted octanol–water partition coefficient (Wildman–Crippen LogP) is 2.01. The van der Waals surface area contributed by atoms with Gasteiger partial charge in [-0.2, -0.15) is 0 Å². The van der Waals surface area contributed by atoms with Gasteiger partial charge in [-0.05, 0) is 12.1 Å². The maximum atomic E-state index is 11.0. The molecule has 0 aliphatic heterocycles. The highest BCUT2D eigenvalue weighted by molar-refractivity contribution is 9.10. The second kappa shape index (κ2) is 4.20. The van der Waals surface area contributed by atoms with E-state index in [0.29, 0.717) is 16.9 Å². The van der Waals surface area contributed by atoms with Crippen LogP contribution in [0.25, 0.3) is 21.9 Å². The van der Waals surface area contributed by atoms with Crippen LogP contribution in [0.15, 0.2) is 29.0 Å². The van der Waals surface area contributed by atoms with Crippen LogP contribution in [0.4, 0.5) is 5.82 Å². The minimum absolute atomic E-state index is 0.174. The Bertz CT molecular complexity index is 812. The lowest BCUT2D eigenvalue weighted by molar-refractivity contribution is -0.137. The molecule has 0 aliphatic carbocycles. The van der Waals surface area contributed by atoms with E-state index in [2.05, 4.69) is 25.9 Å². The van der Waals surface area contributed by atoms with E-state index in [9.17, 15) is 4.79 Å². The molecule has 0 atom stereocenters. The Kier molecular flexibility index (Phi) is 2.63. The number of carboxylic acid groups (broad SMARTS) is 1. The molecule has 19 heavy (non-hydrogen) atoms. The van der Waals surface area contributed by atoms with Gasteiger partial charge in [0.25, 0.3) is 0 Å². The summed E-state index contributed by atoms with van der Waals surface area (Å²) in [5.41, 5.74) is 7.17. The highest BCUT2D eigenvalue weighted by Crippen LogP contribution is 2.32. The number of fused-ring (bicyclic) bond motifs is 3. The molecule has 3 rings (SSSR count). The van der Waals surface area contributed by atoms with Crippen molar-refractivity contribution in [1.82, 2.24) is 14.5 Å². The molecule has 0 saturated heterocycles. The molecule has 2 heterocycles. The number of rotatable bonds is 2. The average molecular weight is 321 g/mol. The third-order valence-corrected chi connectivity index (χ3v) is 3.42. The maximum Gasteiger partial charge on any atom is 0.323 e. The normalized spacial score (nSPS) is 11.2. The molecule has 0 saturated carbocycles. The largest absolute Gasteiger partial charge is 0.480 e. The summed E-state index contributed by atoms with van der Waals surface area (Å²) in [6.45, 7) is -0.174. The summed E-state index contributed by atoms with van der Waals surface area (Å²) in [6.07, 6.45) is 1.34. The summed E-state index contributed by atoms with van der Waals surface area (Å²) in [5, 5.41) is 10.6. The first-order valence-electron chi connectivity index (χ1n) is 5.47. The van der Waals surface area contributed by atoms with Gasteiger partial charge in [0.2, 0.25) is 0 Å². The summed E-state index contributed by atoms with van der Waals surface area (Å²) in [6, 6.07) is 5.60. The molecule has 0 spiro atoms. The molecule has 2 aromatic heterocycles. The average Bonchev–Trinajstić information content (AvgIpc) is 2.64. The molecule has 0 aliphatic rings. The molecule has 1 aromatic carbocycles. The molecule has 96 valence electrons.